The van der Waals surface area contributed by atoms with E-state index >= 15 is 0 Å². The molecule has 0 aromatic heterocycles. The van der Waals surface area contributed by atoms with Gasteiger partial charge in [0.25, 0.3) is 0 Å². The maximum Gasteiger partial charge on any atom is -0.0118 e. The highest BCUT2D eigenvalue weighted by atomic mass is 14.2. The molecule has 1 aliphatic rings. The Hall–Kier alpha value is -1.82. The molecule has 126 valence electrons. The zero-order valence-electron chi connectivity index (χ0n) is 15.2. The molecule has 0 heteroatoms. The Morgan fingerprint density at radius 1 is 0.958 bits per heavy atom. The van der Waals surface area contributed by atoms with Crippen molar-refractivity contribution in [1.82, 2.24) is 0 Å². The maximum atomic E-state index is 2.46. The number of allylic oxidation sites excluding steroid dienone is 2. The van der Waals surface area contributed by atoms with E-state index in [2.05, 4.69) is 68.5 Å². The number of fused-ring (bicyclic) bond motifs is 1. The van der Waals surface area contributed by atoms with Crippen LogP contribution in [0.3, 0.4) is 0 Å². The van der Waals surface area contributed by atoms with Crippen molar-refractivity contribution in [1.29, 1.82) is 0 Å². The van der Waals surface area contributed by atoms with Crippen LogP contribution in [-0.2, 0) is 25.7 Å². The Balaban J connectivity index is 1.66. The van der Waals surface area contributed by atoms with Gasteiger partial charge in [-0.25, -0.2) is 0 Å². The third-order valence-corrected chi connectivity index (χ3v) is 5.32. The summed E-state index contributed by atoms with van der Waals surface area (Å²) < 4.78 is 0. The average molecular weight is 319 g/mol. The lowest BCUT2D eigenvalue weighted by Crippen LogP contribution is -2.13. The molecular weight excluding hydrogens is 288 g/mol. The molecule has 1 aliphatic carbocycles. The van der Waals surface area contributed by atoms with Gasteiger partial charge in [0.05, 0.1) is 0 Å². The van der Waals surface area contributed by atoms with Gasteiger partial charge in [0.15, 0.2) is 0 Å². The highest BCUT2D eigenvalue weighted by molar-refractivity contribution is 5.37. The summed E-state index contributed by atoms with van der Waals surface area (Å²) in [7, 11) is 0. The second kappa shape index (κ2) is 8.33. The second-order valence-corrected chi connectivity index (χ2v) is 7.14. The first kappa shape index (κ1) is 17.0. The van der Waals surface area contributed by atoms with Gasteiger partial charge in [-0.15, -0.1) is 0 Å². The molecule has 0 bridgehead atoms. The first-order valence-electron chi connectivity index (χ1n) is 9.60. The number of rotatable bonds is 6. The lowest BCUT2D eigenvalue weighted by atomic mass is 9.79. The van der Waals surface area contributed by atoms with Crippen molar-refractivity contribution in [3.05, 3.63) is 82.4 Å². The molecule has 0 amide bonds. The molecular formula is C24H30. The van der Waals surface area contributed by atoms with Gasteiger partial charge in [-0.2, -0.15) is 0 Å². The Kier molecular flexibility index (Phi) is 5.91. The van der Waals surface area contributed by atoms with Crippen LogP contribution in [0.2, 0.25) is 0 Å². The number of aryl methyl sites for hydroxylation is 3. The molecule has 0 radical (unpaired) electrons. The maximum absolute atomic E-state index is 2.46. The summed E-state index contributed by atoms with van der Waals surface area (Å²) >= 11 is 0. The lowest BCUT2D eigenvalue weighted by molar-refractivity contribution is 0.584. The van der Waals surface area contributed by atoms with Crippen LogP contribution in [0.15, 0.2) is 54.6 Å². The summed E-state index contributed by atoms with van der Waals surface area (Å²) in [4.78, 5) is 0. The van der Waals surface area contributed by atoms with E-state index in [9.17, 15) is 0 Å². The van der Waals surface area contributed by atoms with Crippen LogP contribution < -0.4 is 0 Å². The molecule has 0 aliphatic heterocycles. The second-order valence-electron chi connectivity index (χ2n) is 7.14. The highest BCUT2D eigenvalue weighted by Gasteiger charge is 2.20. The zero-order chi connectivity index (χ0) is 16.8. The van der Waals surface area contributed by atoms with E-state index in [1.54, 1.807) is 11.1 Å². The van der Waals surface area contributed by atoms with Crippen molar-refractivity contribution in [3.8, 4) is 0 Å². The molecule has 1 atom stereocenters. The van der Waals surface area contributed by atoms with Gasteiger partial charge in [0, 0.05) is 0 Å². The SMILES string of the molecule is C/C=C/CCc1ccc(C2CCc3cc(CCC)ccc3C2)cc1. The van der Waals surface area contributed by atoms with Crippen LogP contribution in [0, 0.1) is 0 Å². The van der Waals surface area contributed by atoms with Gasteiger partial charge in [-0.1, -0.05) is 68.0 Å². The first-order chi connectivity index (χ1) is 11.8. The van der Waals surface area contributed by atoms with E-state index in [0.717, 1.165) is 12.8 Å². The van der Waals surface area contributed by atoms with Crippen molar-refractivity contribution in [3.63, 3.8) is 0 Å². The van der Waals surface area contributed by atoms with Gasteiger partial charge in [-0.3, -0.25) is 0 Å². The molecule has 1 unspecified atom stereocenters. The van der Waals surface area contributed by atoms with Crippen LogP contribution in [-0.4, -0.2) is 0 Å². The van der Waals surface area contributed by atoms with Crippen molar-refractivity contribution >= 4 is 0 Å². The first-order valence-corrected chi connectivity index (χ1v) is 9.60. The molecule has 0 fully saturated rings. The fourth-order valence-corrected chi connectivity index (χ4v) is 3.91. The summed E-state index contributed by atoms with van der Waals surface area (Å²) in [6.45, 7) is 4.35. The third kappa shape index (κ3) is 4.17. The molecule has 0 spiro atoms. The topological polar surface area (TPSA) is 0 Å². The molecule has 24 heavy (non-hydrogen) atoms. The summed E-state index contributed by atoms with van der Waals surface area (Å²) in [6, 6.07) is 16.6. The van der Waals surface area contributed by atoms with Gasteiger partial charge >= 0.3 is 0 Å². The highest BCUT2D eigenvalue weighted by Crippen LogP contribution is 2.33. The van der Waals surface area contributed by atoms with Crippen molar-refractivity contribution in [2.45, 2.75) is 64.7 Å². The predicted octanol–water partition coefficient (Wildman–Crippen LogP) is 6.42. The number of hydrogen-bond donors (Lipinski definition) is 0. The minimum absolute atomic E-state index is 0.694. The van der Waals surface area contributed by atoms with E-state index in [4.69, 9.17) is 0 Å². The largest absolute Gasteiger partial charge is 0.0917 e. The summed E-state index contributed by atoms with van der Waals surface area (Å²) in [6.07, 6.45) is 12.9. The average Bonchev–Trinajstić information content (AvgIpc) is 2.62. The Morgan fingerprint density at radius 3 is 2.50 bits per heavy atom. The molecule has 0 heterocycles. The van der Waals surface area contributed by atoms with E-state index < -0.39 is 0 Å². The van der Waals surface area contributed by atoms with Gasteiger partial charge in [0.2, 0.25) is 0 Å². The molecule has 2 aromatic carbocycles. The van der Waals surface area contributed by atoms with Crippen LogP contribution in [0.4, 0.5) is 0 Å². The van der Waals surface area contributed by atoms with Crippen molar-refractivity contribution in [2.75, 3.05) is 0 Å². The van der Waals surface area contributed by atoms with Crippen LogP contribution in [0.5, 0.6) is 0 Å². The standard InChI is InChI=1S/C24H30/c1-3-5-6-8-19-9-12-21(13-10-19)23-16-15-22-17-20(7-4-2)11-14-24(22)18-23/h3,5,9-14,17,23H,4,6-8,15-16,18H2,1-2H3/b5-3+. The van der Waals surface area contributed by atoms with Crippen molar-refractivity contribution < 1.29 is 0 Å². The summed E-state index contributed by atoms with van der Waals surface area (Å²) in [5, 5.41) is 0. The third-order valence-electron chi connectivity index (χ3n) is 5.32. The van der Waals surface area contributed by atoms with E-state index in [0.29, 0.717) is 5.92 Å². The fraction of sp³-hybridized carbons (Fsp3) is 0.417. The monoisotopic (exact) mass is 318 g/mol. The number of hydrogen-bond acceptors (Lipinski definition) is 0. The zero-order valence-corrected chi connectivity index (χ0v) is 15.2. The molecule has 3 rings (SSSR count). The van der Waals surface area contributed by atoms with Crippen LogP contribution in [0.25, 0.3) is 0 Å². The van der Waals surface area contributed by atoms with Crippen molar-refractivity contribution in [2.24, 2.45) is 0 Å². The molecule has 0 nitrogen and oxygen atoms in total. The Labute approximate surface area is 147 Å². The molecule has 0 saturated carbocycles. The van der Waals surface area contributed by atoms with E-state index in [1.165, 1.54) is 48.8 Å². The molecule has 2 aromatic rings. The minimum Gasteiger partial charge on any atom is -0.0917 e. The summed E-state index contributed by atoms with van der Waals surface area (Å²) in [5.74, 6) is 0.694. The van der Waals surface area contributed by atoms with Gasteiger partial charge < -0.3 is 0 Å². The van der Waals surface area contributed by atoms with Crippen LogP contribution >= 0.6 is 0 Å². The number of benzene rings is 2. The Morgan fingerprint density at radius 2 is 1.75 bits per heavy atom. The van der Waals surface area contributed by atoms with Gasteiger partial charge in [0.1, 0.15) is 0 Å². The quantitative estimate of drug-likeness (QED) is 0.539. The minimum atomic E-state index is 0.694. The van der Waals surface area contributed by atoms with E-state index in [1.807, 2.05) is 0 Å². The molecule has 0 N–H and O–H groups in total. The lowest BCUT2D eigenvalue weighted by Gasteiger charge is -2.25. The predicted molar refractivity (Wildman–Crippen MR) is 105 cm³/mol. The Bertz CT molecular complexity index is 676. The van der Waals surface area contributed by atoms with Gasteiger partial charge in [-0.05, 0) is 79.2 Å². The molecule has 0 saturated heterocycles. The normalized spacial score (nSPS) is 17.2. The smallest absolute Gasteiger partial charge is 0.0118 e. The summed E-state index contributed by atoms with van der Waals surface area (Å²) in [5.41, 5.74) is 7.66. The van der Waals surface area contributed by atoms with E-state index in [-0.39, 0.29) is 0 Å². The fourth-order valence-electron chi connectivity index (χ4n) is 3.91. The van der Waals surface area contributed by atoms with Crippen LogP contribution in [0.1, 0.15) is 66.8 Å².